The number of benzene rings is 1. The molecule has 1 aromatic carbocycles. The topological polar surface area (TPSA) is 33.0 Å². The second-order valence-corrected chi connectivity index (χ2v) is 3.82. The quantitative estimate of drug-likeness (QED) is 0.612. The van der Waals surface area contributed by atoms with Crippen LogP contribution < -0.4 is 4.74 Å². The summed E-state index contributed by atoms with van der Waals surface area (Å²) in [5, 5.41) is 8.75. The van der Waals surface area contributed by atoms with Gasteiger partial charge in [-0.3, -0.25) is 0 Å². The Hall–Kier alpha value is -1.14. The summed E-state index contributed by atoms with van der Waals surface area (Å²) < 4.78 is 5.60. The first-order valence-electron chi connectivity index (χ1n) is 5.02. The van der Waals surface area contributed by atoms with Gasteiger partial charge in [0.2, 0.25) is 0 Å². The minimum absolute atomic E-state index is 0.643. The van der Waals surface area contributed by atoms with Gasteiger partial charge in [0.25, 0.3) is 0 Å². The van der Waals surface area contributed by atoms with Gasteiger partial charge >= 0.3 is 0 Å². The molecule has 0 aliphatic carbocycles. The molecule has 0 spiro atoms. The van der Waals surface area contributed by atoms with Crippen LogP contribution in [0.3, 0.4) is 0 Å². The molecule has 0 N–H and O–H groups in total. The summed E-state index contributed by atoms with van der Waals surface area (Å²) in [6, 6.07) is 7.60. The Morgan fingerprint density at radius 1 is 1.40 bits per heavy atom. The zero-order valence-corrected chi connectivity index (χ0v) is 9.76. The molecule has 0 saturated heterocycles. The Bertz CT molecular complexity index is 357. The highest BCUT2D eigenvalue weighted by Gasteiger charge is 2.00. The van der Waals surface area contributed by atoms with E-state index < -0.39 is 0 Å². The monoisotopic (exact) mass is 221 g/mol. The molecule has 15 heavy (non-hydrogen) atoms. The molecular formula is C12H15NOS. The van der Waals surface area contributed by atoms with Crippen LogP contribution in [0.2, 0.25) is 0 Å². The van der Waals surface area contributed by atoms with Crippen molar-refractivity contribution >= 4 is 12.6 Å². The molecule has 1 aromatic rings. The van der Waals surface area contributed by atoms with E-state index in [0.717, 1.165) is 29.9 Å². The van der Waals surface area contributed by atoms with Crippen LogP contribution in [0.4, 0.5) is 0 Å². The van der Waals surface area contributed by atoms with Gasteiger partial charge in [-0.15, -0.1) is 0 Å². The second-order valence-electron chi connectivity index (χ2n) is 3.37. The molecule has 0 radical (unpaired) electrons. The van der Waals surface area contributed by atoms with Crippen LogP contribution in [0.5, 0.6) is 5.75 Å². The van der Waals surface area contributed by atoms with Crippen molar-refractivity contribution in [2.24, 2.45) is 0 Å². The molecule has 0 heterocycles. The molecule has 80 valence electrons. The van der Waals surface area contributed by atoms with E-state index in [9.17, 15) is 0 Å². The van der Waals surface area contributed by atoms with Gasteiger partial charge in [0, 0.05) is 0 Å². The Kier molecular flexibility index (Phi) is 5.06. The average molecular weight is 221 g/mol. The molecule has 0 aliphatic heterocycles. The van der Waals surface area contributed by atoms with Crippen molar-refractivity contribution in [3.8, 4) is 11.8 Å². The predicted molar refractivity (Wildman–Crippen MR) is 64.5 cm³/mol. The highest BCUT2D eigenvalue weighted by molar-refractivity contribution is 7.80. The van der Waals surface area contributed by atoms with Gasteiger partial charge in [-0.05, 0) is 43.2 Å². The minimum Gasteiger partial charge on any atom is -0.493 e. The van der Waals surface area contributed by atoms with Gasteiger partial charge < -0.3 is 4.74 Å². The third-order valence-corrected chi connectivity index (χ3v) is 2.44. The number of thiol groups is 1. The molecule has 3 heteroatoms. The first-order chi connectivity index (χ1) is 7.27. The molecule has 0 unspecified atom stereocenters. The van der Waals surface area contributed by atoms with E-state index in [-0.39, 0.29) is 0 Å². The third-order valence-electron chi connectivity index (χ3n) is 2.13. The van der Waals surface area contributed by atoms with Crippen molar-refractivity contribution in [3.05, 3.63) is 29.3 Å². The van der Waals surface area contributed by atoms with E-state index in [1.807, 2.05) is 13.0 Å². The van der Waals surface area contributed by atoms with E-state index in [1.165, 1.54) is 0 Å². The minimum atomic E-state index is 0.643. The number of aryl methyl sites for hydroxylation is 1. The fourth-order valence-corrected chi connectivity index (χ4v) is 1.44. The maximum Gasteiger partial charge on any atom is 0.123 e. The number of unbranched alkanes of at least 4 members (excludes halogenated alkanes) is 1. The average Bonchev–Trinajstić information content (AvgIpc) is 2.26. The Labute approximate surface area is 96.3 Å². The van der Waals surface area contributed by atoms with Crippen LogP contribution in [0, 0.1) is 18.3 Å². The lowest BCUT2D eigenvalue weighted by Gasteiger charge is -2.08. The van der Waals surface area contributed by atoms with Crippen molar-refractivity contribution in [1.29, 1.82) is 5.26 Å². The Morgan fingerprint density at radius 2 is 2.20 bits per heavy atom. The molecule has 0 fully saturated rings. The fourth-order valence-electron chi connectivity index (χ4n) is 1.22. The van der Waals surface area contributed by atoms with Gasteiger partial charge in [-0.25, -0.2) is 0 Å². The maximum absolute atomic E-state index is 8.75. The zero-order valence-electron chi connectivity index (χ0n) is 8.86. The second kappa shape index (κ2) is 6.36. The molecule has 1 rings (SSSR count). The normalized spacial score (nSPS) is 9.67. The first kappa shape index (κ1) is 11.9. The number of rotatable bonds is 5. The van der Waals surface area contributed by atoms with Crippen LogP contribution in [-0.2, 0) is 0 Å². The van der Waals surface area contributed by atoms with Gasteiger partial charge in [0.05, 0.1) is 18.2 Å². The summed E-state index contributed by atoms with van der Waals surface area (Å²) in [4.78, 5) is 0. The van der Waals surface area contributed by atoms with Gasteiger partial charge in [0.15, 0.2) is 0 Å². The highest BCUT2D eigenvalue weighted by atomic mass is 32.1. The number of ether oxygens (including phenoxy) is 1. The standard InChI is InChI=1S/C12H15NOS/c1-10-4-5-11(9-13)8-12(10)14-6-2-3-7-15/h4-5,8,15H,2-3,6-7H2,1H3. The van der Waals surface area contributed by atoms with Crippen LogP contribution in [-0.4, -0.2) is 12.4 Å². The summed E-state index contributed by atoms with van der Waals surface area (Å²) in [6.07, 6.45) is 2.06. The lowest BCUT2D eigenvalue weighted by Crippen LogP contribution is -1.99. The number of hydrogen-bond donors (Lipinski definition) is 1. The van der Waals surface area contributed by atoms with Crippen molar-refractivity contribution < 1.29 is 4.74 Å². The Morgan fingerprint density at radius 3 is 2.87 bits per heavy atom. The number of nitriles is 1. The SMILES string of the molecule is Cc1ccc(C#N)cc1OCCCCS. The maximum atomic E-state index is 8.75. The van der Waals surface area contributed by atoms with Crippen molar-refractivity contribution in [1.82, 2.24) is 0 Å². The summed E-state index contributed by atoms with van der Waals surface area (Å²) in [7, 11) is 0. The van der Waals surface area contributed by atoms with Crippen LogP contribution in [0.15, 0.2) is 18.2 Å². The van der Waals surface area contributed by atoms with Crippen LogP contribution >= 0.6 is 12.6 Å². The van der Waals surface area contributed by atoms with E-state index in [1.54, 1.807) is 12.1 Å². The van der Waals surface area contributed by atoms with Crippen molar-refractivity contribution in [2.75, 3.05) is 12.4 Å². The molecule has 0 bridgehead atoms. The number of nitrogens with zero attached hydrogens (tertiary/aromatic N) is 1. The van der Waals surface area contributed by atoms with E-state index in [4.69, 9.17) is 10.00 Å². The number of hydrogen-bond acceptors (Lipinski definition) is 3. The molecule has 0 atom stereocenters. The molecule has 2 nitrogen and oxygen atoms in total. The lowest BCUT2D eigenvalue weighted by molar-refractivity contribution is 0.308. The fraction of sp³-hybridized carbons (Fsp3) is 0.417. The third kappa shape index (κ3) is 3.85. The van der Waals surface area contributed by atoms with Crippen LogP contribution in [0.25, 0.3) is 0 Å². The smallest absolute Gasteiger partial charge is 0.123 e. The Balaban J connectivity index is 2.56. The van der Waals surface area contributed by atoms with E-state index >= 15 is 0 Å². The van der Waals surface area contributed by atoms with E-state index in [0.29, 0.717) is 12.2 Å². The van der Waals surface area contributed by atoms with Crippen molar-refractivity contribution in [3.63, 3.8) is 0 Å². The predicted octanol–water partition coefficient (Wildman–Crippen LogP) is 2.96. The van der Waals surface area contributed by atoms with Crippen LogP contribution in [0.1, 0.15) is 24.0 Å². The highest BCUT2D eigenvalue weighted by Crippen LogP contribution is 2.19. The van der Waals surface area contributed by atoms with Crippen molar-refractivity contribution in [2.45, 2.75) is 19.8 Å². The summed E-state index contributed by atoms with van der Waals surface area (Å²) >= 11 is 4.13. The zero-order chi connectivity index (χ0) is 11.1. The summed E-state index contributed by atoms with van der Waals surface area (Å²) in [5.74, 6) is 1.70. The summed E-state index contributed by atoms with van der Waals surface area (Å²) in [6.45, 7) is 2.67. The molecule has 0 saturated carbocycles. The van der Waals surface area contributed by atoms with E-state index in [2.05, 4.69) is 18.7 Å². The molecular weight excluding hydrogens is 206 g/mol. The molecule has 0 amide bonds. The summed E-state index contributed by atoms with van der Waals surface area (Å²) in [5.41, 5.74) is 1.71. The first-order valence-corrected chi connectivity index (χ1v) is 5.65. The lowest BCUT2D eigenvalue weighted by atomic mass is 10.1. The van der Waals surface area contributed by atoms with Gasteiger partial charge in [-0.1, -0.05) is 6.07 Å². The van der Waals surface area contributed by atoms with Gasteiger partial charge in [0.1, 0.15) is 5.75 Å². The largest absolute Gasteiger partial charge is 0.493 e. The van der Waals surface area contributed by atoms with Gasteiger partial charge in [-0.2, -0.15) is 17.9 Å². The molecule has 0 aliphatic rings. The molecule has 0 aromatic heterocycles.